The molecule has 5 aliphatic carbocycles. The predicted octanol–water partition coefficient (Wildman–Crippen LogP) is 6.28. The van der Waals surface area contributed by atoms with E-state index in [0.29, 0.717) is 12.5 Å². The number of unbranched alkanes of at least 4 members (excludes halogenated alkanes) is 1. The van der Waals surface area contributed by atoms with Crippen molar-refractivity contribution in [3.8, 4) is 0 Å². The van der Waals surface area contributed by atoms with Crippen molar-refractivity contribution < 1.29 is 4.79 Å². The van der Waals surface area contributed by atoms with E-state index in [1.807, 2.05) is 12.1 Å². The zero-order chi connectivity index (χ0) is 22.4. The van der Waals surface area contributed by atoms with Crippen LogP contribution in [0.2, 0.25) is 0 Å². The first-order chi connectivity index (χ1) is 16.1. The van der Waals surface area contributed by atoms with Gasteiger partial charge in [0.25, 0.3) is 0 Å². The number of aryl methyl sites for hydroxylation is 1. The molecule has 5 heteroatoms. The maximum absolute atomic E-state index is 12.9. The molecule has 33 heavy (non-hydrogen) atoms. The van der Waals surface area contributed by atoms with Crippen LogP contribution in [0.25, 0.3) is 0 Å². The van der Waals surface area contributed by atoms with Crippen LogP contribution in [0.15, 0.2) is 34.6 Å². The van der Waals surface area contributed by atoms with Gasteiger partial charge in [0.05, 0.1) is 12.0 Å². The van der Waals surface area contributed by atoms with Crippen LogP contribution in [0.3, 0.4) is 0 Å². The van der Waals surface area contributed by atoms with Gasteiger partial charge in [-0.05, 0) is 99.7 Å². The lowest BCUT2D eigenvalue weighted by molar-refractivity contribution is -0.115. The van der Waals surface area contributed by atoms with Gasteiger partial charge in [0, 0.05) is 22.8 Å². The molecule has 0 radical (unpaired) electrons. The van der Waals surface area contributed by atoms with Gasteiger partial charge in [0.2, 0.25) is 5.91 Å². The van der Waals surface area contributed by atoms with E-state index in [9.17, 15) is 4.79 Å². The van der Waals surface area contributed by atoms with Crippen LogP contribution in [0, 0.1) is 17.8 Å². The monoisotopic (exact) mass is 463 g/mol. The number of anilines is 1. The van der Waals surface area contributed by atoms with Crippen molar-refractivity contribution in [3.05, 3.63) is 45.7 Å². The molecule has 0 saturated heterocycles. The maximum atomic E-state index is 12.9. The summed E-state index contributed by atoms with van der Waals surface area (Å²) >= 11 is 1.77. The summed E-state index contributed by atoms with van der Waals surface area (Å²) in [4.78, 5) is 19.6. The Morgan fingerprint density at radius 3 is 2.36 bits per heavy atom. The van der Waals surface area contributed by atoms with Crippen molar-refractivity contribution in [2.75, 3.05) is 5.32 Å². The van der Waals surface area contributed by atoms with Crippen LogP contribution < -0.4 is 10.1 Å². The molecule has 4 nitrogen and oxygen atoms in total. The highest BCUT2D eigenvalue weighted by Crippen LogP contribution is 2.57. The van der Waals surface area contributed by atoms with Gasteiger partial charge in [0.1, 0.15) is 0 Å². The molecule has 1 aromatic heterocycles. The molecule has 0 spiro atoms. The van der Waals surface area contributed by atoms with Crippen molar-refractivity contribution in [1.29, 1.82) is 0 Å². The number of carbonyl (C=O) groups excluding carboxylic acids is 1. The molecule has 5 fully saturated rings. The van der Waals surface area contributed by atoms with E-state index in [-0.39, 0.29) is 11.4 Å². The number of aromatic nitrogens is 1. The normalized spacial score (nSPS) is 30.7. The van der Waals surface area contributed by atoms with Gasteiger partial charge < -0.3 is 9.88 Å². The molecular weight excluding hydrogens is 426 g/mol. The Labute approximate surface area is 201 Å². The average molecular weight is 464 g/mol. The molecule has 1 heterocycles. The number of hydrogen-bond acceptors (Lipinski definition) is 3. The van der Waals surface area contributed by atoms with Crippen LogP contribution in [0.5, 0.6) is 0 Å². The van der Waals surface area contributed by atoms with E-state index >= 15 is 0 Å². The molecule has 1 aromatic carbocycles. The second-order valence-corrected chi connectivity index (χ2v) is 12.2. The molecule has 2 aromatic rings. The summed E-state index contributed by atoms with van der Waals surface area (Å²) in [6.45, 7) is 2.22. The summed E-state index contributed by atoms with van der Waals surface area (Å²) in [6.07, 6.45) is 14.6. The number of benzene rings is 1. The summed E-state index contributed by atoms with van der Waals surface area (Å²) in [6, 6.07) is 8.91. The van der Waals surface area contributed by atoms with E-state index in [0.717, 1.165) is 35.6 Å². The lowest BCUT2D eigenvalue weighted by Crippen LogP contribution is -2.50. The standard InChI is InChI=1S/C28H37N3OS/c1-2-3-4-19-5-7-23(8-6-19)29-26(32)14-25-18-33-27(31(25)24-9-10-24)30-28-15-20-11-21(16-28)13-22(12-20)17-28/h5-8,18,20-22,24H,2-4,9-17H2,1H3,(H,29,32). The minimum absolute atomic E-state index is 0.0739. The van der Waals surface area contributed by atoms with Crippen LogP contribution in [-0.4, -0.2) is 16.0 Å². The molecule has 7 rings (SSSR count). The molecule has 176 valence electrons. The molecule has 1 amide bonds. The van der Waals surface area contributed by atoms with E-state index in [1.165, 1.54) is 74.6 Å². The highest BCUT2D eigenvalue weighted by Gasteiger charge is 2.51. The van der Waals surface area contributed by atoms with Crippen molar-refractivity contribution in [1.82, 2.24) is 4.57 Å². The van der Waals surface area contributed by atoms with Gasteiger partial charge in [-0.25, -0.2) is 0 Å². The lowest BCUT2D eigenvalue weighted by atomic mass is 9.53. The van der Waals surface area contributed by atoms with Crippen LogP contribution in [0.4, 0.5) is 5.69 Å². The van der Waals surface area contributed by atoms with E-state index in [1.54, 1.807) is 11.3 Å². The highest BCUT2D eigenvalue weighted by molar-refractivity contribution is 7.07. The van der Waals surface area contributed by atoms with Crippen LogP contribution in [-0.2, 0) is 17.6 Å². The first kappa shape index (κ1) is 21.6. The average Bonchev–Trinajstić information content (AvgIpc) is 3.54. The number of thiazole rings is 1. The fraction of sp³-hybridized carbons (Fsp3) is 0.643. The zero-order valence-corrected chi connectivity index (χ0v) is 20.7. The number of amides is 1. The first-order valence-electron chi connectivity index (χ1n) is 13.2. The van der Waals surface area contributed by atoms with Gasteiger partial charge >= 0.3 is 0 Å². The lowest BCUT2D eigenvalue weighted by Gasteiger charge is -2.54. The fourth-order valence-corrected chi connectivity index (χ4v) is 8.26. The third kappa shape index (κ3) is 4.58. The first-order valence-corrected chi connectivity index (χ1v) is 14.1. The van der Waals surface area contributed by atoms with Crippen LogP contribution in [0.1, 0.15) is 88.4 Å². The van der Waals surface area contributed by atoms with Crippen molar-refractivity contribution in [2.45, 2.75) is 95.6 Å². The number of rotatable bonds is 8. The third-order valence-electron chi connectivity index (χ3n) is 8.47. The van der Waals surface area contributed by atoms with E-state index in [2.05, 4.69) is 34.3 Å². The van der Waals surface area contributed by atoms with Crippen molar-refractivity contribution >= 4 is 22.9 Å². The second-order valence-electron chi connectivity index (χ2n) is 11.4. The third-order valence-corrected chi connectivity index (χ3v) is 9.35. The van der Waals surface area contributed by atoms with E-state index in [4.69, 9.17) is 4.99 Å². The number of hydrogen-bond donors (Lipinski definition) is 1. The van der Waals surface area contributed by atoms with Gasteiger partial charge in [-0.1, -0.05) is 25.5 Å². The van der Waals surface area contributed by atoms with Gasteiger partial charge in [-0.2, -0.15) is 0 Å². The number of nitrogens with zero attached hydrogens (tertiary/aromatic N) is 2. The van der Waals surface area contributed by atoms with Crippen LogP contribution >= 0.6 is 11.3 Å². The molecule has 0 atom stereocenters. The van der Waals surface area contributed by atoms with Gasteiger partial charge in [0.15, 0.2) is 4.80 Å². The molecule has 4 bridgehead atoms. The number of nitrogens with one attached hydrogen (secondary N) is 1. The Hall–Kier alpha value is -1.88. The molecule has 5 aliphatic rings. The van der Waals surface area contributed by atoms with Gasteiger partial charge in [-0.3, -0.25) is 9.79 Å². The summed E-state index contributed by atoms with van der Waals surface area (Å²) in [7, 11) is 0. The molecule has 1 N–H and O–H groups in total. The molecular formula is C28H37N3OS. The quantitative estimate of drug-likeness (QED) is 0.492. The summed E-state index contributed by atoms with van der Waals surface area (Å²) in [5, 5.41) is 5.32. The smallest absolute Gasteiger partial charge is 0.230 e. The molecule has 0 aliphatic heterocycles. The Kier molecular flexibility index (Phi) is 5.72. The largest absolute Gasteiger partial charge is 0.326 e. The second kappa shape index (κ2) is 8.72. The van der Waals surface area contributed by atoms with Gasteiger partial charge in [-0.15, -0.1) is 11.3 Å². The minimum Gasteiger partial charge on any atom is -0.326 e. The van der Waals surface area contributed by atoms with Crippen molar-refractivity contribution in [2.24, 2.45) is 22.7 Å². The topological polar surface area (TPSA) is 46.4 Å². The summed E-state index contributed by atoms with van der Waals surface area (Å²) in [5.74, 6) is 2.80. The minimum atomic E-state index is 0.0739. The molecule has 5 saturated carbocycles. The Morgan fingerprint density at radius 1 is 1.09 bits per heavy atom. The SMILES string of the molecule is CCCCc1ccc(NC(=O)Cc2csc(=NC34CC5CC(CC(C5)C3)C4)n2C2CC2)cc1. The Balaban J connectivity index is 1.19. The summed E-state index contributed by atoms with van der Waals surface area (Å²) in [5.41, 5.74) is 3.57. The predicted molar refractivity (Wildman–Crippen MR) is 134 cm³/mol. The maximum Gasteiger partial charge on any atom is 0.230 e. The zero-order valence-electron chi connectivity index (χ0n) is 19.9. The van der Waals surface area contributed by atoms with E-state index < -0.39 is 0 Å². The van der Waals surface area contributed by atoms with Crippen molar-refractivity contribution in [3.63, 3.8) is 0 Å². The molecule has 0 unspecified atom stereocenters. The Bertz CT molecular complexity index is 1040. The number of carbonyl (C=O) groups is 1. The summed E-state index contributed by atoms with van der Waals surface area (Å²) < 4.78 is 2.43. The Morgan fingerprint density at radius 2 is 1.76 bits per heavy atom. The fourth-order valence-electron chi connectivity index (χ4n) is 7.20. The highest BCUT2D eigenvalue weighted by atomic mass is 32.1.